The number of rotatable bonds is 4. The van der Waals surface area contributed by atoms with Crippen molar-refractivity contribution in [3.8, 4) is 0 Å². The molecule has 0 radical (unpaired) electrons. The van der Waals surface area contributed by atoms with Gasteiger partial charge in [0, 0.05) is 50.2 Å². The van der Waals surface area contributed by atoms with Gasteiger partial charge < -0.3 is 25.2 Å². The highest BCUT2D eigenvalue weighted by Crippen LogP contribution is 2.19. The lowest BCUT2D eigenvalue weighted by molar-refractivity contribution is -0.114. The van der Waals surface area contributed by atoms with E-state index in [1.807, 2.05) is 12.1 Å². The molecule has 29 heavy (non-hydrogen) atoms. The number of benzene rings is 2. The fourth-order valence-electron chi connectivity index (χ4n) is 3.14. The summed E-state index contributed by atoms with van der Waals surface area (Å²) in [5.41, 5.74) is 2.87. The molecule has 1 fully saturated rings. The zero-order valence-electron chi connectivity index (χ0n) is 16.5. The first-order valence-corrected chi connectivity index (χ1v) is 9.33. The summed E-state index contributed by atoms with van der Waals surface area (Å²) in [5.74, 6) is -0.497. The second-order valence-corrected chi connectivity index (χ2v) is 6.70. The molecule has 0 atom stereocenters. The van der Waals surface area contributed by atoms with Crippen LogP contribution in [0, 0.1) is 0 Å². The molecule has 1 heterocycles. The number of nitrogens with zero attached hydrogens (tertiary/aromatic N) is 2. The largest absolute Gasteiger partial charge is 0.465 e. The molecule has 0 unspecified atom stereocenters. The van der Waals surface area contributed by atoms with Gasteiger partial charge in [0.15, 0.2) is 0 Å². The van der Waals surface area contributed by atoms with Crippen LogP contribution in [0.15, 0.2) is 48.5 Å². The van der Waals surface area contributed by atoms with E-state index in [0.717, 1.165) is 5.69 Å². The number of hydrogen-bond acceptors (Lipinski definition) is 5. The van der Waals surface area contributed by atoms with Crippen LogP contribution in [0.2, 0.25) is 0 Å². The maximum Gasteiger partial charge on any atom is 0.337 e. The van der Waals surface area contributed by atoms with Gasteiger partial charge in [-0.2, -0.15) is 0 Å². The van der Waals surface area contributed by atoms with Gasteiger partial charge in [-0.15, -0.1) is 0 Å². The molecular weight excluding hydrogens is 372 g/mol. The molecule has 0 aromatic heterocycles. The van der Waals surface area contributed by atoms with Crippen LogP contribution < -0.4 is 15.5 Å². The second kappa shape index (κ2) is 9.09. The van der Waals surface area contributed by atoms with Gasteiger partial charge in [0.1, 0.15) is 0 Å². The number of hydrogen-bond donors (Lipinski definition) is 2. The van der Waals surface area contributed by atoms with Crippen LogP contribution in [0.25, 0.3) is 0 Å². The minimum Gasteiger partial charge on any atom is -0.465 e. The van der Waals surface area contributed by atoms with E-state index in [1.54, 1.807) is 41.3 Å². The van der Waals surface area contributed by atoms with Crippen molar-refractivity contribution in [1.82, 2.24) is 4.90 Å². The Hall–Kier alpha value is -3.55. The van der Waals surface area contributed by atoms with Gasteiger partial charge in [-0.25, -0.2) is 9.59 Å². The number of esters is 1. The van der Waals surface area contributed by atoms with Crippen LogP contribution in [0.3, 0.4) is 0 Å². The molecule has 2 aromatic rings. The van der Waals surface area contributed by atoms with Gasteiger partial charge in [0.2, 0.25) is 5.91 Å². The van der Waals surface area contributed by atoms with E-state index >= 15 is 0 Å². The Morgan fingerprint density at radius 2 is 1.38 bits per heavy atom. The number of methoxy groups -OCH3 is 1. The van der Waals surface area contributed by atoms with Crippen molar-refractivity contribution >= 4 is 35.0 Å². The zero-order valence-corrected chi connectivity index (χ0v) is 16.5. The number of amides is 3. The molecule has 152 valence electrons. The minimum absolute atomic E-state index is 0.139. The summed E-state index contributed by atoms with van der Waals surface area (Å²) >= 11 is 0. The van der Waals surface area contributed by atoms with Crippen LogP contribution in [-0.2, 0) is 9.53 Å². The first-order valence-electron chi connectivity index (χ1n) is 9.33. The molecule has 0 aliphatic carbocycles. The number of nitrogens with one attached hydrogen (secondary N) is 2. The molecule has 2 aromatic carbocycles. The summed E-state index contributed by atoms with van der Waals surface area (Å²) in [6.07, 6.45) is 0. The number of carbonyl (C=O) groups is 3. The maximum atomic E-state index is 12.5. The van der Waals surface area contributed by atoms with Gasteiger partial charge in [-0.1, -0.05) is 0 Å². The van der Waals surface area contributed by atoms with E-state index in [2.05, 4.69) is 15.5 Å². The molecule has 0 spiro atoms. The normalized spacial score (nSPS) is 13.6. The number of piperazine rings is 1. The molecule has 1 aliphatic rings. The molecule has 0 bridgehead atoms. The Labute approximate surface area is 169 Å². The Bertz CT molecular complexity index is 873. The minimum atomic E-state index is -0.358. The third kappa shape index (κ3) is 5.25. The summed E-state index contributed by atoms with van der Waals surface area (Å²) in [4.78, 5) is 39.0. The summed E-state index contributed by atoms with van der Waals surface area (Å²) in [7, 11) is 1.36. The van der Waals surface area contributed by atoms with Crippen LogP contribution in [0.1, 0.15) is 17.3 Å². The molecule has 1 saturated heterocycles. The van der Waals surface area contributed by atoms with Crippen molar-refractivity contribution in [1.29, 1.82) is 0 Å². The topological polar surface area (TPSA) is 91.0 Å². The molecule has 3 amide bonds. The average molecular weight is 396 g/mol. The lowest BCUT2D eigenvalue weighted by Gasteiger charge is -2.36. The Morgan fingerprint density at radius 3 is 1.90 bits per heavy atom. The lowest BCUT2D eigenvalue weighted by Crippen LogP contribution is -2.50. The predicted octanol–water partition coefficient (Wildman–Crippen LogP) is 2.79. The average Bonchev–Trinajstić information content (AvgIpc) is 2.74. The highest BCUT2D eigenvalue weighted by molar-refractivity contribution is 5.91. The van der Waals surface area contributed by atoms with E-state index in [9.17, 15) is 14.4 Å². The first-order chi connectivity index (χ1) is 14.0. The van der Waals surface area contributed by atoms with Gasteiger partial charge in [0.25, 0.3) is 0 Å². The van der Waals surface area contributed by atoms with E-state index < -0.39 is 0 Å². The van der Waals surface area contributed by atoms with Gasteiger partial charge in [0.05, 0.1) is 12.7 Å². The molecular formula is C21H24N4O4. The van der Waals surface area contributed by atoms with Gasteiger partial charge in [-0.05, 0) is 48.5 Å². The van der Waals surface area contributed by atoms with Crippen molar-refractivity contribution < 1.29 is 19.1 Å². The Balaban J connectivity index is 1.51. The monoisotopic (exact) mass is 396 g/mol. The third-order valence-electron chi connectivity index (χ3n) is 4.68. The predicted molar refractivity (Wildman–Crippen MR) is 111 cm³/mol. The van der Waals surface area contributed by atoms with E-state index in [-0.39, 0.29) is 17.9 Å². The number of anilines is 3. The van der Waals surface area contributed by atoms with Gasteiger partial charge >= 0.3 is 12.0 Å². The van der Waals surface area contributed by atoms with Crippen molar-refractivity contribution in [2.75, 3.05) is 48.8 Å². The van der Waals surface area contributed by atoms with Crippen LogP contribution in [0.4, 0.5) is 21.9 Å². The Kier molecular flexibility index (Phi) is 6.33. The van der Waals surface area contributed by atoms with Crippen molar-refractivity contribution in [3.63, 3.8) is 0 Å². The molecule has 1 aliphatic heterocycles. The first kappa shape index (κ1) is 20.2. The highest BCUT2D eigenvalue weighted by atomic mass is 16.5. The zero-order chi connectivity index (χ0) is 20.8. The molecule has 0 saturated carbocycles. The van der Waals surface area contributed by atoms with Crippen LogP contribution >= 0.6 is 0 Å². The molecule has 2 N–H and O–H groups in total. The number of ether oxygens (including phenoxy) is 1. The number of urea groups is 1. The summed E-state index contributed by atoms with van der Waals surface area (Å²) in [5, 5.41) is 5.57. The SMILES string of the molecule is COC(=O)c1ccc(N2CCN(C(=O)Nc3ccc(NC(C)=O)cc3)CC2)cc1. The summed E-state index contributed by atoms with van der Waals surface area (Å²) < 4.78 is 4.71. The summed E-state index contributed by atoms with van der Waals surface area (Å²) in [6.45, 7) is 4.03. The second-order valence-electron chi connectivity index (χ2n) is 6.70. The Morgan fingerprint density at radius 1 is 0.828 bits per heavy atom. The van der Waals surface area contributed by atoms with Crippen molar-refractivity contribution in [2.24, 2.45) is 0 Å². The number of carbonyl (C=O) groups excluding carboxylic acids is 3. The maximum absolute atomic E-state index is 12.5. The van der Waals surface area contributed by atoms with Crippen molar-refractivity contribution in [3.05, 3.63) is 54.1 Å². The summed E-state index contributed by atoms with van der Waals surface area (Å²) in [6, 6.07) is 14.1. The molecule has 8 heteroatoms. The molecule has 3 rings (SSSR count). The van der Waals surface area contributed by atoms with Gasteiger partial charge in [-0.3, -0.25) is 4.79 Å². The van der Waals surface area contributed by atoms with Crippen LogP contribution in [0.5, 0.6) is 0 Å². The van der Waals surface area contributed by atoms with Crippen molar-refractivity contribution in [2.45, 2.75) is 6.92 Å². The standard InChI is InChI=1S/C21H24N4O4/c1-15(26)22-17-5-7-18(8-6-17)23-21(28)25-13-11-24(12-14-25)19-9-3-16(4-10-19)20(27)29-2/h3-10H,11-14H2,1-2H3,(H,22,26)(H,23,28). The third-order valence-corrected chi connectivity index (χ3v) is 4.68. The smallest absolute Gasteiger partial charge is 0.337 e. The fraction of sp³-hybridized carbons (Fsp3) is 0.286. The van der Waals surface area contributed by atoms with E-state index in [1.165, 1.54) is 14.0 Å². The highest BCUT2D eigenvalue weighted by Gasteiger charge is 2.21. The van der Waals surface area contributed by atoms with Crippen LogP contribution in [-0.4, -0.2) is 56.1 Å². The quantitative estimate of drug-likeness (QED) is 0.776. The lowest BCUT2D eigenvalue weighted by atomic mass is 10.2. The molecule has 8 nitrogen and oxygen atoms in total. The van der Waals surface area contributed by atoms with E-state index in [0.29, 0.717) is 43.1 Å². The fourth-order valence-corrected chi connectivity index (χ4v) is 3.14. The van der Waals surface area contributed by atoms with E-state index in [4.69, 9.17) is 4.74 Å².